The lowest BCUT2D eigenvalue weighted by molar-refractivity contribution is 1.24. The van der Waals surface area contributed by atoms with Gasteiger partial charge in [0.05, 0.1) is 6.20 Å². The second-order valence-corrected chi connectivity index (χ2v) is 2.61. The fraction of sp³-hybridized carbons (Fsp3) is 0. The minimum absolute atomic E-state index is 0.700. The topological polar surface area (TPSA) is 43.3 Å². The van der Waals surface area contributed by atoms with Crippen molar-refractivity contribution in [1.82, 2.24) is 9.38 Å². The van der Waals surface area contributed by atoms with Gasteiger partial charge in [-0.2, -0.15) is 0 Å². The maximum absolute atomic E-state index is 5.53. The lowest BCUT2D eigenvalue weighted by Gasteiger charge is -1.82. The van der Waals surface area contributed by atoms with Crippen LogP contribution in [0.1, 0.15) is 0 Å². The Morgan fingerprint density at radius 2 is 2.56 bits per heavy atom. The van der Waals surface area contributed by atoms with E-state index < -0.39 is 0 Å². The first-order chi connectivity index (χ1) is 4.38. The molecule has 0 amide bonds. The molecule has 46 valence electrons. The van der Waals surface area contributed by atoms with E-state index >= 15 is 0 Å². The van der Waals surface area contributed by atoms with Gasteiger partial charge in [0, 0.05) is 11.6 Å². The third kappa shape index (κ3) is 0.533. The number of imidazole rings is 1. The number of hydrogen-bond acceptors (Lipinski definition) is 3. The molecule has 0 saturated heterocycles. The molecule has 2 heterocycles. The van der Waals surface area contributed by atoms with E-state index in [-0.39, 0.29) is 0 Å². The lowest BCUT2D eigenvalue weighted by Crippen LogP contribution is -1.86. The van der Waals surface area contributed by atoms with Crippen molar-refractivity contribution in [3.63, 3.8) is 0 Å². The van der Waals surface area contributed by atoms with Gasteiger partial charge < -0.3 is 5.73 Å². The smallest absolute Gasteiger partial charge is 0.195 e. The molecule has 9 heavy (non-hydrogen) atoms. The molecule has 0 aliphatic rings. The number of fused-ring (bicyclic) bond motifs is 1. The number of hydrogen-bond donors (Lipinski definition) is 1. The third-order valence-corrected chi connectivity index (χ3v) is 1.95. The van der Waals surface area contributed by atoms with Crippen LogP contribution in [-0.4, -0.2) is 9.38 Å². The van der Waals surface area contributed by atoms with Gasteiger partial charge in [0.15, 0.2) is 4.96 Å². The number of rotatable bonds is 0. The van der Waals surface area contributed by atoms with Crippen LogP contribution in [-0.2, 0) is 0 Å². The summed E-state index contributed by atoms with van der Waals surface area (Å²) in [5.74, 6) is 0.700. The zero-order valence-electron chi connectivity index (χ0n) is 4.61. The van der Waals surface area contributed by atoms with Crippen molar-refractivity contribution >= 4 is 22.1 Å². The standard InChI is InChI=1S/C5H5N3S/c6-4-3-7-5-8(4)1-2-9-5/h1-3H,6H2. The van der Waals surface area contributed by atoms with Crippen LogP contribution in [0.5, 0.6) is 0 Å². The summed E-state index contributed by atoms with van der Waals surface area (Å²) in [5, 5.41) is 1.96. The van der Waals surface area contributed by atoms with Crippen molar-refractivity contribution in [3.05, 3.63) is 17.8 Å². The summed E-state index contributed by atoms with van der Waals surface area (Å²) < 4.78 is 1.85. The van der Waals surface area contributed by atoms with Gasteiger partial charge in [0.25, 0.3) is 0 Å². The SMILES string of the molecule is Nc1cnc2sccn12. The van der Waals surface area contributed by atoms with Crippen molar-refractivity contribution in [1.29, 1.82) is 0 Å². The van der Waals surface area contributed by atoms with Gasteiger partial charge in [-0.3, -0.25) is 4.40 Å². The van der Waals surface area contributed by atoms with Gasteiger partial charge >= 0.3 is 0 Å². The summed E-state index contributed by atoms with van der Waals surface area (Å²) in [7, 11) is 0. The molecule has 0 atom stereocenters. The molecule has 2 N–H and O–H groups in total. The first kappa shape index (κ1) is 4.81. The van der Waals surface area contributed by atoms with Crippen molar-refractivity contribution in [2.24, 2.45) is 0 Å². The molecule has 0 aliphatic heterocycles. The predicted molar refractivity (Wildman–Crippen MR) is 37.5 cm³/mol. The molecule has 2 aromatic heterocycles. The molecule has 0 aliphatic carbocycles. The summed E-state index contributed by atoms with van der Waals surface area (Å²) in [6.07, 6.45) is 3.56. The van der Waals surface area contributed by atoms with E-state index in [0.29, 0.717) is 5.82 Å². The second kappa shape index (κ2) is 1.48. The molecular formula is C5H5N3S. The predicted octanol–water partition coefficient (Wildman–Crippen LogP) is 0.978. The maximum Gasteiger partial charge on any atom is 0.195 e. The highest BCUT2D eigenvalue weighted by molar-refractivity contribution is 7.15. The third-order valence-electron chi connectivity index (χ3n) is 1.17. The maximum atomic E-state index is 5.53. The van der Waals surface area contributed by atoms with Gasteiger partial charge in [-0.25, -0.2) is 4.98 Å². The van der Waals surface area contributed by atoms with Gasteiger partial charge in [0.2, 0.25) is 0 Å². The van der Waals surface area contributed by atoms with Gasteiger partial charge in [-0.05, 0) is 0 Å². The van der Waals surface area contributed by atoms with E-state index in [2.05, 4.69) is 4.98 Å². The molecule has 3 nitrogen and oxygen atoms in total. The number of anilines is 1. The van der Waals surface area contributed by atoms with E-state index in [1.807, 2.05) is 16.0 Å². The summed E-state index contributed by atoms with van der Waals surface area (Å²) >= 11 is 1.58. The molecule has 0 radical (unpaired) electrons. The number of nitrogen functional groups attached to an aromatic ring is 1. The van der Waals surface area contributed by atoms with Gasteiger partial charge in [0.1, 0.15) is 5.82 Å². The first-order valence-corrected chi connectivity index (χ1v) is 3.42. The largest absolute Gasteiger partial charge is 0.383 e. The Hall–Kier alpha value is -1.03. The summed E-state index contributed by atoms with van der Waals surface area (Å²) in [6.45, 7) is 0. The average Bonchev–Trinajstić information content (AvgIpc) is 2.35. The van der Waals surface area contributed by atoms with E-state index in [4.69, 9.17) is 5.73 Å². The number of thiazole rings is 1. The molecule has 4 heteroatoms. The second-order valence-electron chi connectivity index (χ2n) is 1.74. The average molecular weight is 139 g/mol. The summed E-state index contributed by atoms with van der Waals surface area (Å²) in [5.41, 5.74) is 5.53. The van der Waals surface area contributed by atoms with Crippen LogP contribution in [0.2, 0.25) is 0 Å². The van der Waals surface area contributed by atoms with Gasteiger partial charge in [-0.1, -0.05) is 0 Å². The van der Waals surface area contributed by atoms with Crippen LogP contribution in [0.15, 0.2) is 17.8 Å². The zero-order chi connectivity index (χ0) is 6.27. The van der Waals surface area contributed by atoms with Gasteiger partial charge in [-0.15, -0.1) is 11.3 Å². The van der Waals surface area contributed by atoms with Crippen LogP contribution in [0.4, 0.5) is 5.82 Å². The zero-order valence-corrected chi connectivity index (χ0v) is 5.43. The molecule has 0 bridgehead atoms. The number of aromatic nitrogens is 2. The van der Waals surface area contributed by atoms with Crippen LogP contribution >= 0.6 is 11.3 Å². The van der Waals surface area contributed by atoms with E-state index in [9.17, 15) is 0 Å². The first-order valence-electron chi connectivity index (χ1n) is 2.54. The van der Waals surface area contributed by atoms with Crippen molar-refractivity contribution in [2.45, 2.75) is 0 Å². The number of nitrogens with two attached hydrogens (primary N) is 1. The van der Waals surface area contributed by atoms with Crippen LogP contribution in [0, 0.1) is 0 Å². The van der Waals surface area contributed by atoms with E-state index in [0.717, 1.165) is 4.96 Å². The highest BCUT2D eigenvalue weighted by atomic mass is 32.1. The van der Waals surface area contributed by atoms with E-state index in [1.54, 1.807) is 17.5 Å². The van der Waals surface area contributed by atoms with Crippen molar-refractivity contribution in [2.75, 3.05) is 5.73 Å². The molecular weight excluding hydrogens is 134 g/mol. The normalized spacial score (nSPS) is 10.7. The Balaban J connectivity index is 2.99. The molecule has 0 saturated carbocycles. The monoisotopic (exact) mass is 139 g/mol. The van der Waals surface area contributed by atoms with Crippen LogP contribution in [0.3, 0.4) is 0 Å². The van der Waals surface area contributed by atoms with E-state index in [1.165, 1.54) is 0 Å². The highest BCUT2D eigenvalue weighted by Crippen LogP contribution is 2.12. The molecule has 0 unspecified atom stereocenters. The Bertz CT molecular complexity index is 321. The Morgan fingerprint density at radius 3 is 3.33 bits per heavy atom. The molecule has 0 aromatic carbocycles. The Labute approximate surface area is 55.7 Å². The molecule has 0 spiro atoms. The fourth-order valence-electron chi connectivity index (χ4n) is 0.745. The van der Waals surface area contributed by atoms with Crippen LogP contribution < -0.4 is 5.73 Å². The summed E-state index contributed by atoms with van der Waals surface area (Å²) in [4.78, 5) is 4.99. The van der Waals surface area contributed by atoms with Crippen LogP contribution in [0.25, 0.3) is 4.96 Å². The Kier molecular flexibility index (Phi) is 0.790. The quantitative estimate of drug-likeness (QED) is 0.591. The van der Waals surface area contributed by atoms with Crippen molar-refractivity contribution in [3.8, 4) is 0 Å². The molecule has 2 rings (SSSR count). The minimum atomic E-state index is 0.700. The fourth-order valence-corrected chi connectivity index (χ4v) is 1.44. The van der Waals surface area contributed by atoms with Crippen molar-refractivity contribution < 1.29 is 0 Å². The molecule has 0 fully saturated rings. The lowest BCUT2D eigenvalue weighted by atomic mass is 10.8. The Morgan fingerprint density at radius 1 is 1.67 bits per heavy atom. The summed E-state index contributed by atoms with van der Waals surface area (Å²) in [6, 6.07) is 0. The molecule has 2 aromatic rings. The number of nitrogens with zero attached hydrogens (tertiary/aromatic N) is 2. The minimum Gasteiger partial charge on any atom is -0.383 e. The highest BCUT2D eigenvalue weighted by Gasteiger charge is 1.96.